The molecule has 0 bridgehead atoms. The van der Waals surface area contributed by atoms with Crippen LogP contribution in [0.3, 0.4) is 0 Å². The second-order valence-corrected chi connectivity index (χ2v) is 7.88. The summed E-state index contributed by atoms with van der Waals surface area (Å²) >= 11 is 2.18. The van der Waals surface area contributed by atoms with E-state index in [1.807, 2.05) is 48.5 Å². The van der Waals surface area contributed by atoms with E-state index in [1.54, 1.807) is 13.1 Å². The fourth-order valence-corrected chi connectivity index (χ4v) is 3.51. The van der Waals surface area contributed by atoms with Crippen molar-refractivity contribution in [1.82, 2.24) is 10.3 Å². The zero-order valence-corrected chi connectivity index (χ0v) is 18.2. The Morgan fingerprint density at radius 1 is 1.17 bits per heavy atom. The molecule has 0 spiro atoms. The minimum absolute atomic E-state index is 0.0305. The minimum Gasteiger partial charge on any atom is -0.489 e. The summed E-state index contributed by atoms with van der Waals surface area (Å²) in [6.07, 6.45) is 1.49. The number of carbonyl (C=O) groups excluding carboxylic acids is 2. The number of halogens is 1. The van der Waals surface area contributed by atoms with Crippen LogP contribution in [0.25, 0.3) is 0 Å². The van der Waals surface area contributed by atoms with Gasteiger partial charge in [0.2, 0.25) is 0 Å². The summed E-state index contributed by atoms with van der Waals surface area (Å²) in [7, 11) is 1.66. The number of nitrogens with zero attached hydrogens (tertiary/aromatic N) is 2. The number of nitrogens with one attached hydrogen (secondary N) is 1. The number of amides is 2. The number of carbonyl (C=O) groups is 2. The molecule has 152 valence electrons. The van der Waals surface area contributed by atoms with E-state index in [2.05, 4.69) is 32.9 Å². The molecule has 0 saturated heterocycles. The van der Waals surface area contributed by atoms with Gasteiger partial charge in [0.25, 0.3) is 11.8 Å². The van der Waals surface area contributed by atoms with Crippen molar-refractivity contribution in [2.45, 2.75) is 6.04 Å². The Hall–Kier alpha value is -3.14. The van der Waals surface area contributed by atoms with E-state index in [0.29, 0.717) is 22.9 Å². The number of para-hydroxylation sites is 1. The molecular formula is C22H18IN3O4. The van der Waals surface area contributed by atoms with E-state index in [1.165, 1.54) is 17.2 Å². The van der Waals surface area contributed by atoms with Gasteiger partial charge in [-0.3, -0.25) is 14.6 Å². The zero-order valence-electron chi connectivity index (χ0n) is 16.0. The highest BCUT2D eigenvalue weighted by Crippen LogP contribution is 2.32. The van der Waals surface area contributed by atoms with E-state index < -0.39 is 11.9 Å². The number of ether oxygens (including phenoxy) is 2. The predicted octanol–water partition coefficient (Wildman–Crippen LogP) is 3.63. The number of aromatic nitrogens is 1. The molecule has 0 fully saturated rings. The molecule has 1 N–H and O–H groups in total. The van der Waals surface area contributed by atoms with Gasteiger partial charge in [-0.15, -0.1) is 0 Å². The molecule has 4 rings (SSSR count). The number of benzene rings is 2. The number of pyridine rings is 1. The van der Waals surface area contributed by atoms with Crippen LogP contribution in [0.1, 0.15) is 10.5 Å². The van der Waals surface area contributed by atoms with E-state index in [9.17, 15) is 9.59 Å². The molecule has 3 aromatic rings. The average Bonchev–Trinajstić information content (AvgIpc) is 2.87. The van der Waals surface area contributed by atoms with Crippen LogP contribution in [0.5, 0.6) is 17.2 Å². The highest BCUT2D eigenvalue weighted by Gasteiger charge is 2.31. The van der Waals surface area contributed by atoms with Crippen LogP contribution in [0.4, 0.5) is 5.69 Å². The maximum Gasteiger partial charge on any atom is 0.270 e. The number of fused-ring (bicyclic) bond motifs is 1. The van der Waals surface area contributed by atoms with Crippen LogP contribution in [0.15, 0.2) is 66.9 Å². The Morgan fingerprint density at radius 2 is 1.97 bits per heavy atom. The van der Waals surface area contributed by atoms with Crippen molar-refractivity contribution in [3.05, 3.63) is 76.1 Å². The quantitative estimate of drug-likeness (QED) is 0.537. The maximum atomic E-state index is 12.9. The van der Waals surface area contributed by atoms with Crippen LogP contribution in [0, 0.1) is 3.57 Å². The second-order valence-electron chi connectivity index (χ2n) is 6.64. The molecule has 7 nitrogen and oxygen atoms in total. The van der Waals surface area contributed by atoms with Crippen molar-refractivity contribution in [2.75, 3.05) is 18.6 Å². The third-order valence-electron chi connectivity index (χ3n) is 4.56. The van der Waals surface area contributed by atoms with Gasteiger partial charge in [-0.05, 0) is 59.0 Å². The smallest absolute Gasteiger partial charge is 0.270 e. The molecule has 0 aliphatic carbocycles. The Kier molecular flexibility index (Phi) is 5.84. The molecule has 1 unspecified atom stereocenters. The van der Waals surface area contributed by atoms with Crippen LogP contribution >= 0.6 is 22.6 Å². The third-order valence-corrected chi connectivity index (χ3v) is 5.24. The molecule has 0 radical (unpaired) electrons. The number of likely N-dealkylation sites (N-methyl/N-ethyl adjacent to an activating group) is 1. The second kappa shape index (κ2) is 8.70. The van der Waals surface area contributed by atoms with Crippen molar-refractivity contribution in [3.8, 4) is 17.2 Å². The molecule has 8 heteroatoms. The average molecular weight is 515 g/mol. The van der Waals surface area contributed by atoms with Gasteiger partial charge in [-0.1, -0.05) is 18.2 Å². The van der Waals surface area contributed by atoms with Gasteiger partial charge in [0.1, 0.15) is 35.6 Å². The van der Waals surface area contributed by atoms with Crippen LogP contribution in [-0.4, -0.2) is 36.5 Å². The predicted molar refractivity (Wildman–Crippen MR) is 120 cm³/mol. The van der Waals surface area contributed by atoms with Crippen molar-refractivity contribution in [1.29, 1.82) is 0 Å². The van der Waals surface area contributed by atoms with Gasteiger partial charge in [-0.2, -0.15) is 0 Å². The van der Waals surface area contributed by atoms with Crippen LogP contribution in [-0.2, 0) is 4.79 Å². The summed E-state index contributed by atoms with van der Waals surface area (Å²) < 4.78 is 12.5. The lowest BCUT2D eigenvalue weighted by atomic mass is 10.2. The van der Waals surface area contributed by atoms with Gasteiger partial charge in [-0.25, -0.2) is 0 Å². The van der Waals surface area contributed by atoms with Crippen LogP contribution < -0.4 is 19.7 Å². The van der Waals surface area contributed by atoms with Crippen LogP contribution in [0.2, 0.25) is 0 Å². The first-order valence-corrected chi connectivity index (χ1v) is 10.3. The van der Waals surface area contributed by atoms with E-state index in [0.717, 1.165) is 3.57 Å². The molecule has 1 aromatic heterocycles. The molecule has 1 aliphatic heterocycles. The first kappa shape index (κ1) is 20.1. The standard InChI is InChI=1S/C22H18IN3O4/c1-26-19-11-14(23)7-8-20(19)29-13-18(22(26)28)25-21(27)17-12-16(9-10-24-17)30-15-5-3-2-4-6-15/h2-12,18H,13H2,1H3,(H,25,27). The topological polar surface area (TPSA) is 80.8 Å². The normalized spacial score (nSPS) is 15.6. The number of rotatable bonds is 4. The SMILES string of the molecule is CN1C(=O)C(NC(=O)c2cc(Oc3ccccc3)ccn2)COc2ccc(I)cc21. The minimum atomic E-state index is -0.840. The van der Waals surface area contributed by atoms with E-state index in [4.69, 9.17) is 9.47 Å². The Labute approximate surface area is 187 Å². The molecule has 1 atom stereocenters. The largest absolute Gasteiger partial charge is 0.489 e. The van der Waals surface area contributed by atoms with Crippen molar-refractivity contribution < 1.29 is 19.1 Å². The molecule has 2 aromatic carbocycles. The van der Waals surface area contributed by atoms with Gasteiger partial charge in [0, 0.05) is 22.9 Å². The van der Waals surface area contributed by atoms with Crippen molar-refractivity contribution in [3.63, 3.8) is 0 Å². The first-order chi connectivity index (χ1) is 14.5. The lowest BCUT2D eigenvalue weighted by Gasteiger charge is -2.20. The zero-order chi connectivity index (χ0) is 21.1. The summed E-state index contributed by atoms with van der Waals surface area (Å²) in [5.74, 6) is 0.977. The number of hydrogen-bond acceptors (Lipinski definition) is 5. The number of hydrogen-bond donors (Lipinski definition) is 1. The maximum absolute atomic E-state index is 12.9. The Balaban J connectivity index is 1.49. The van der Waals surface area contributed by atoms with E-state index >= 15 is 0 Å². The van der Waals surface area contributed by atoms with Gasteiger partial charge in [0.05, 0.1) is 5.69 Å². The monoisotopic (exact) mass is 515 g/mol. The molecule has 2 heterocycles. The Bertz CT molecular complexity index is 1090. The molecule has 1 aliphatic rings. The highest BCUT2D eigenvalue weighted by atomic mass is 127. The summed E-state index contributed by atoms with van der Waals surface area (Å²) in [5, 5.41) is 2.72. The fourth-order valence-electron chi connectivity index (χ4n) is 3.03. The highest BCUT2D eigenvalue weighted by molar-refractivity contribution is 14.1. The lowest BCUT2D eigenvalue weighted by Crippen LogP contribution is -2.49. The first-order valence-electron chi connectivity index (χ1n) is 9.21. The van der Waals surface area contributed by atoms with Crippen molar-refractivity contribution >= 4 is 40.1 Å². The summed E-state index contributed by atoms with van der Waals surface area (Å²) in [6, 6.07) is 17.2. The summed E-state index contributed by atoms with van der Waals surface area (Å²) in [4.78, 5) is 31.2. The lowest BCUT2D eigenvalue weighted by molar-refractivity contribution is -0.120. The Morgan fingerprint density at radius 3 is 2.77 bits per heavy atom. The fraction of sp³-hybridized carbons (Fsp3) is 0.136. The molecule has 30 heavy (non-hydrogen) atoms. The van der Waals surface area contributed by atoms with Gasteiger partial charge in [0.15, 0.2) is 0 Å². The molecule has 0 saturated carbocycles. The summed E-state index contributed by atoms with van der Waals surface area (Å²) in [5.41, 5.74) is 0.815. The molecule has 2 amide bonds. The number of anilines is 1. The van der Waals surface area contributed by atoms with E-state index in [-0.39, 0.29) is 18.2 Å². The third kappa shape index (κ3) is 4.38. The van der Waals surface area contributed by atoms with Gasteiger partial charge >= 0.3 is 0 Å². The molecular weight excluding hydrogens is 497 g/mol. The van der Waals surface area contributed by atoms with Crippen molar-refractivity contribution in [2.24, 2.45) is 0 Å². The van der Waals surface area contributed by atoms with Gasteiger partial charge < -0.3 is 19.7 Å². The summed E-state index contributed by atoms with van der Waals surface area (Å²) in [6.45, 7) is 0.0305.